The summed E-state index contributed by atoms with van der Waals surface area (Å²) in [6.07, 6.45) is 0. The highest BCUT2D eigenvalue weighted by Crippen LogP contribution is 2.41. The Kier molecular flexibility index (Phi) is 7.27. The van der Waals surface area contributed by atoms with Crippen molar-refractivity contribution in [3.63, 3.8) is 0 Å². The van der Waals surface area contributed by atoms with Gasteiger partial charge in [0.05, 0.1) is 14.2 Å². The van der Waals surface area contributed by atoms with E-state index in [0.717, 1.165) is 16.7 Å². The Balaban J connectivity index is 2.46. The number of aliphatic carboxylic acids is 1. The van der Waals surface area contributed by atoms with Crippen LogP contribution < -0.4 is 14.8 Å². The molecule has 6 heteroatoms. The van der Waals surface area contributed by atoms with E-state index in [1.54, 1.807) is 32.4 Å². The summed E-state index contributed by atoms with van der Waals surface area (Å²) in [6.45, 7) is 12.4. The van der Waals surface area contributed by atoms with Gasteiger partial charge < -0.3 is 19.7 Å². The average Bonchev–Trinajstić information content (AvgIpc) is 2.66. The average molecular weight is 430 g/mol. The van der Waals surface area contributed by atoms with E-state index in [0.29, 0.717) is 23.6 Å². The highest BCUT2D eigenvalue weighted by molar-refractivity contribution is 5.76. The number of carbonyl (C=O) groups is 1. The molecule has 0 heterocycles. The van der Waals surface area contributed by atoms with Crippen LogP contribution in [0.1, 0.15) is 69.8 Å². The number of ether oxygens (including phenoxy) is 2. The molecular formula is C25H35NO5. The van der Waals surface area contributed by atoms with E-state index < -0.39 is 12.0 Å². The van der Waals surface area contributed by atoms with Gasteiger partial charge in [0.25, 0.3) is 0 Å². The zero-order valence-electron chi connectivity index (χ0n) is 19.8. The highest BCUT2D eigenvalue weighted by Gasteiger charge is 2.30. The first-order chi connectivity index (χ1) is 14.3. The zero-order chi connectivity index (χ0) is 23.6. The molecule has 2 aromatic carbocycles. The lowest BCUT2D eigenvalue weighted by Crippen LogP contribution is -2.29. The predicted molar refractivity (Wildman–Crippen MR) is 122 cm³/mol. The molecule has 170 valence electrons. The number of aromatic hydroxyl groups is 1. The summed E-state index contributed by atoms with van der Waals surface area (Å²) in [4.78, 5) is 12.2. The second-order valence-corrected chi connectivity index (χ2v) is 9.81. The molecule has 1 atom stereocenters. The van der Waals surface area contributed by atoms with Gasteiger partial charge in [-0.15, -0.1) is 0 Å². The van der Waals surface area contributed by atoms with Gasteiger partial charge in [-0.25, -0.2) is 0 Å². The first-order valence-corrected chi connectivity index (χ1v) is 10.3. The molecule has 2 aromatic rings. The summed E-state index contributed by atoms with van der Waals surface area (Å²) < 4.78 is 10.6. The van der Waals surface area contributed by atoms with Gasteiger partial charge in [-0.3, -0.25) is 10.1 Å². The topological polar surface area (TPSA) is 88.0 Å². The van der Waals surface area contributed by atoms with Gasteiger partial charge >= 0.3 is 5.97 Å². The summed E-state index contributed by atoms with van der Waals surface area (Å²) >= 11 is 0. The number of nitrogens with one attached hydrogen (secondary N) is 1. The van der Waals surface area contributed by atoms with E-state index in [-0.39, 0.29) is 16.6 Å². The first-order valence-electron chi connectivity index (χ1n) is 10.3. The minimum absolute atomic E-state index is 0.229. The van der Waals surface area contributed by atoms with Gasteiger partial charge in [0.2, 0.25) is 0 Å². The van der Waals surface area contributed by atoms with Crippen LogP contribution in [0, 0.1) is 0 Å². The quantitative estimate of drug-likeness (QED) is 0.579. The van der Waals surface area contributed by atoms with Crippen molar-refractivity contribution in [3.05, 3.63) is 52.6 Å². The fourth-order valence-electron chi connectivity index (χ4n) is 3.53. The Morgan fingerprint density at radius 1 is 0.935 bits per heavy atom. The summed E-state index contributed by atoms with van der Waals surface area (Å²) in [5, 5.41) is 24.0. The number of methoxy groups -OCH3 is 2. The van der Waals surface area contributed by atoms with Crippen LogP contribution in [0.25, 0.3) is 0 Å². The molecule has 0 radical (unpaired) electrons. The third-order valence-electron chi connectivity index (χ3n) is 5.29. The van der Waals surface area contributed by atoms with E-state index >= 15 is 0 Å². The van der Waals surface area contributed by atoms with Gasteiger partial charge in [-0.05, 0) is 57.3 Å². The van der Waals surface area contributed by atoms with Gasteiger partial charge in [0.1, 0.15) is 11.8 Å². The van der Waals surface area contributed by atoms with Crippen molar-refractivity contribution in [1.82, 2.24) is 5.32 Å². The molecule has 0 spiro atoms. The van der Waals surface area contributed by atoms with Crippen LogP contribution in [0.4, 0.5) is 0 Å². The fraction of sp³-hybridized carbons (Fsp3) is 0.480. The van der Waals surface area contributed by atoms with Crippen molar-refractivity contribution in [2.75, 3.05) is 14.2 Å². The lowest BCUT2D eigenvalue weighted by molar-refractivity contribution is -0.139. The predicted octanol–water partition coefficient (Wildman–Crippen LogP) is 4.92. The Labute approximate surface area is 185 Å². The molecule has 0 aliphatic carbocycles. The fourth-order valence-corrected chi connectivity index (χ4v) is 3.53. The van der Waals surface area contributed by atoms with Crippen molar-refractivity contribution in [3.8, 4) is 17.2 Å². The maximum absolute atomic E-state index is 12.2. The standard InChI is InChI=1S/C25H35NO5/c1-24(2,3)17-12-16(13-18(22(17)27)25(4,5)6)21(23(28)29)26-14-15-9-10-19(30-7)20(11-15)31-8/h9-13,21,26-27H,14H2,1-8H3,(H,28,29). The minimum Gasteiger partial charge on any atom is -0.507 e. The van der Waals surface area contributed by atoms with Crippen molar-refractivity contribution in [2.24, 2.45) is 0 Å². The molecular weight excluding hydrogens is 394 g/mol. The third kappa shape index (κ3) is 5.70. The number of carboxylic acids is 1. The van der Waals surface area contributed by atoms with Gasteiger partial charge in [0, 0.05) is 6.54 Å². The van der Waals surface area contributed by atoms with Crippen LogP contribution >= 0.6 is 0 Å². The molecule has 3 N–H and O–H groups in total. The lowest BCUT2D eigenvalue weighted by Gasteiger charge is -2.29. The second kappa shape index (κ2) is 9.18. The lowest BCUT2D eigenvalue weighted by atomic mass is 9.77. The van der Waals surface area contributed by atoms with E-state index in [1.165, 1.54) is 0 Å². The van der Waals surface area contributed by atoms with Crippen molar-refractivity contribution >= 4 is 5.97 Å². The summed E-state index contributed by atoms with van der Waals surface area (Å²) in [5.74, 6) is 0.450. The van der Waals surface area contributed by atoms with Crippen LogP contribution in [0.3, 0.4) is 0 Å². The maximum atomic E-state index is 12.2. The van der Waals surface area contributed by atoms with E-state index in [1.807, 2.05) is 53.7 Å². The van der Waals surface area contributed by atoms with Crippen LogP contribution in [-0.4, -0.2) is 30.4 Å². The number of benzene rings is 2. The van der Waals surface area contributed by atoms with Gasteiger partial charge in [0.15, 0.2) is 11.5 Å². The Morgan fingerprint density at radius 2 is 1.45 bits per heavy atom. The Hall–Kier alpha value is -2.73. The molecule has 0 aliphatic rings. The molecule has 0 amide bonds. The molecule has 2 rings (SSSR count). The van der Waals surface area contributed by atoms with Crippen LogP contribution in [0.2, 0.25) is 0 Å². The molecule has 1 unspecified atom stereocenters. The number of phenols is 1. The number of hydrogen-bond donors (Lipinski definition) is 3. The van der Waals surface area contributed by atoms with Crippen molar-refractivity contribution in [1.29, 1.82) is 0 Å². The first kappa shape index (κ1) is 24.5. The SMILES string of the molecule is COc1ccc(CNC(C(=O)O)c2cc(C(C)(C)C)c(O)c(C(C)(C)C)c2)cc1OC. The molecule has 6 nitrogen and oxygen atoms in total. The summed E-state index contributed by atoms with van der Waals surface area (Å²) in [7, 11) is 3.13. The Morgan fingerprint density at radius 3 is 1.87 bits per heavy atom. The highest BCUT2D eigenvalue weighted by atomic mass is 16.5. The normalized spacial score (nSPS) is 13.0. The van der Waals surface area contributed by atoms with Crippen LogP contribution in [0.5, 0.6) is 17.2 Å². The minimum atomic E-state index is -0.981. The number of phenolic OH excluding ortho intramolecular Hbond substituents is 1. The molecule has 0 fully saturated rings. The second-order valence-electron chi connectivity index (χ2n) is 9.81. The van der Waals surface area contributed by atoms with E-state index in [4.69, 9.17) is 9.47 Å². The van der Waals surface area contributed by atoms with Crippen LogP contribution in [0.15, 0.2) is 30.3 Å². The molecule has 0 saturated carbocycles. The van der Waals surface area contributed by atoms with Crippen LogP contribution in [-0.2, 0) is 22.2 Å². The molecule has 0 aromatic heterocycles. The maximum Gasteiger partial charge on any atom is 0.325 e. The van der Waals surface area contributed by atoms with Crippen molar-refractivity contribution < 1.29 is 24.5 Å². The third-order valence-corrected chi connectivity index (χ3v) is 5.29. The summed E-state index contributed by atoms with van der Waals surface area (Å²) in [6, 6.07) is 8.14. The van der Waals surface area contributed by atoms with E-state index in [2.05, 4.69) is 5.32 Å². The van der Waals surface area contributed by atoms with E-state index in [9.17, 15) is 15.0 Å². The van der Waals surface area contributed by atoms with Gasteiger partial charge in [-0.2, -0.15) is 0 Å². The molecule has 0 saturated heterocycles. The van der Waals surface area contributed by atoms with Crippen molar-refractivity contribution in [2.45, 2.75) is 65.0 Å². The molecule has 0 aliphatic heterocycles. The Bertz CT molecular complexity index is 903. The number of rotatable bonds is 7. The summed E-state index contributed by atoms with van der Waals surface area (Å²) in [5.41, 5.74) is 2.26. The largest absolute Gasteiger partial charge is 0.507 e. The molecule has 0 bridgehead atoms. The molecule has 31 heavy (non-hydrogen) atoms. The monoisotopic (exact) mass is 429 g/mol. The number of carboxylic acid groups (broad SMARTS) is 1. The smallest absolute Gasteiger partial charge is 0.325 e. The van der Waals surface area contributed by atoms with Gasteiger partial charge in [-0.1, -0.05) is 47.6 Å². The number of hydrogen-bond acceptors (Lipinski definition) is 5. The zero-order valence-corrected chi connectivity index (χ0v) is 19.8.